The number of para-hydroxylation sites is 1. The first-order chi connectivity index (χ1) is 75.1. The van der Waals surface area contributed by atoms with Crippen LogP contribution in [0.25, 0.3) is 159 Å². The van der Waals surface area contributed by atoms with Crippen LogP contribution in [-0.4, -0.2) is 22.0 Å². The Labute approximate surface area is 861 Å². The van der Waals surface area contributed by atoms with Crippen molar-refractivity contribution in [2.24, 2.45) is 35.2 Å². The van der Waals surface area contributed by atoms with Crippen LogP contribution in [0.4, 0.5) is 0 Å². The van der Waals surface area contributed by atoms with Gasteiger partial charge < -0.3 is 0 Å². The summed E-state index contributed by atoms with van der Waals surface area (Å²) in [5, 5.41) is 15.9. The molecule has 12 aromatic carbocycles. The topological polar surface area (TPSA) is 41.4 Å². The zero-order valence-corrected chi connectivity index (χ0v) is 86.5. The second kappa shape index (κ2) is 29.7. The number of imidazole rings is 5. The van der Waals surface area contributed by atoms with Crippen molar-refractivity contribution in [3.8, 4) is 22.5 Å². The van der Waals surface area contributed by atoms with Gasteiger partial charge in [-0.2, -0.15) is 22.0 Å². The molecule has 0 saturated carbocycles. The Bertz CT molecular complexity index is 10300. The molecule has 22 aromatic rings. The van der Waals surface area contributed by atoms with Crippen LogP contribution >= 0.6 is 0 Å². The van der Waals surface area contributed by atoms with Crippen LogP contribution in [0.5, 0.6) is 0 Å². The molecule has 0 radical (unpaired) electrons. The molecule has 10 nitrogen and oxygen atoms in total. The van der Waals surface area contributed by atoms with E-state index < -0.39 is 102 Å². The molecule has 710 valence electrons. The van der Waals surface area contributed by atoms with Crippen molar-refractivity contribution < 1.29 is 51.6 Å². The van der Waals surface area contributed by atoms with E-state index in [1.54, 1.807) is 12.1 Å². The molecule has 5 aliphatic heterocycles. The van der Waals surface area contributed by atoms with E-state index in [4.69, 9.17) is 28.8 Å². The van der Waals surface area contributed by atoms with E-state index in [-0.39, 0.29) is 5.56 Å². The maximum atomic E-state index is 8.91. The second-order valence-corrected chi connectivity index (χ2v) is 45.4. The summed E-state index contributed by atoms with van der Waals surface area (Å²) in [6, 6.07) is 73.5. The third-order valence-electron chi connectivity index (χ3n) is 36.3. The average Bonchev–Trinajstić information content (AvgIpc) is 1.42. The number of pyridine rings is 5. The average molecular weight is 1880 g/mol. The molecule has 141 heavy (non-hydrogen) atoms. The smallest absolute Gasteiger partial charge is 0.232 e. The summed E-state index contributed by atoms with van der Waals surface area (Å²) in [5.41, 5.74) is 22.3. The monoisotopic (exact) mass is 1880 g/mol. The predicted octanol–water partition coefficient (Wildman–Crippen LogP) is 29.3. The molecular weight excluding hydrogens is 1710 g/mol. The number of benzene rings is 12. The fraction of sp³-hybridized carbons (Fsp3) is 0.336. The van der Waals surface area contributed by atoms with E-state index in [0.717, 1.165) is 156 Å². The van der Waals surface area contributed by atoms with E-state index in [1.165, 1.54) is 76.3 Å². The minimum atomic E-state index is -2.35. The van der Waals surface area contributed by atoms with Gasteiger partial charge in [0.1, 0.15) is 46.2 Å². The van der Waals surface area contributed by atoms with Crippen LogP contribution < -0.4 is 22.8 Å². The molecule has 0 bridgehead atoms. The van der Waals surface area contributed by atoms with Gasteiger partial charge in [-0.3, -0.25) is 0 Å². The van der Waals surface area contributed by atoms with Gasteiger partial charge in [0.2, 0.25) is 0 Å². The van der Waals surface area contributed by atoms with E-state index in [0.29, 0.717) is 27.7 Å². The van der Waals surface area contributed by atoms with E-state index in [9.17, 15) is 0 Å². The van der Waals surface area contributed by atoms with Gasteiger partial charge in [-0.05, 0) is 112 Å². The number of rotatable bonds is 2. The minimum Gasteiger partial charge on any atom is -0.232 e. The molecule has 0 saturated heterocycles. The Morgan fingerprint density at radius 1 is 0.213 bits per heavy atom. The van der Waals surface area contributed by atoms with Crippen LogP contribution in [0.3, 0.4) is 0 Å². The summed E-state index contributed by atoms with van der Waals surface area (Å²) in [5.74, 6) is 0. The lowest BCUT2D eigenvalue weighted by Gasteiger charge is -2.43. The van der Waals surface area contributed by atoms with Crippen LogP contribution in [0.15, 0.2) is 237 Å². The maximum absolute atomic E-state index is 8.91. The van der Waals surface area contributed by atoms with Crippen molar-refractivity contribution in [3.63, 3.8) is 0 Å². The normalized spacial score (nSPS) is 23.4. The zero-order chi connectivity index (χ0) is 118. The lowest BCUT2D eigenvalue weighted by atomic mass is 9.60. The Hall–Kier alpha value is -13.3. The van der Waals surface area contributed by atoms with Crippen LogP contribution in [0.1, 0.15) is 273 Å². The van der Waals surface area contributed by atoms with Crippen LogP contribution in [-0.2, 0) is 89.4 Å². The minimum absolute atomic E-state index is 0.283. The Kier molecular flexibility index (Phi) is 14.8. The largest absolute Gasteiger partial charge is 0.295 e. The Morgan fingerprint density at radius 2 is 0.461 bits per heavy atom. The molecule has 0 fully saturated rings. The summed E-state index contributed by atoms with van der Waals surface area (Å²) in [6.45, 7) is 28.9. The lowest BCUT2D eigenvalue weighted by Crippen LogP contribution is -2.44. The molecule has 27 rings (SSSR count). The number of aromatic nitrogens is 10. The molecule has 5 aliphatic rings. The number of aryl methyl sites for hydroxylation is 14. The summed E-state index contributed by atoms with van der Waals surface area (Å²) >= 11 is 0. The molecule has 10 aromatic heterocycles. The van der Waals surface area contributed by atoms with E-state index in [2.05, 4.69) is 228 Å². The highest BCUT2D eigenvalue weighted by molar-refractivity contribution is 6.20. The molecule has 15 heterocycles. The summed E-state index contributed by atoms with van der Waals surface area (Å²) < 4.78 is 202. The van der Waals surface area contributed by atoms with Crippen LogP contribution in [0.2, 0.25) is 0 Å². The number of hydrogen-bond acceptors (Lipinski definition) is 0. The maximum Gasteiger partial charge on any atom is 0.295 e. The quantitative estimate of drug-likeness (QED) is 0.122. The number of hydrogen-bond donors (Lipinski definition) is 0. The third kappa shape index (κ3) is 11.4. The molecule has 0 amide bonds. The van der Waals surface area contributed by atoms with Gasteiger partial charge in [0.05, 0.1) is 62.2 Å². The van der Waals surface area contributed by atoms with Crippen molar-refractivity contribution >= 4 is 137 Å². The first-order valence-corrected chi connectivity index (χ1v) is 49.7. The van der Waals surface area contributed by atoms with Crippen molar-refractivity contribution in [3.05, 3.63) is 343 Å². The molecule has 5 atom stereocenters. The second-order valence-electron chi connectivity index (χ2n) is 45.4. The van der Waals surface area contributed by atoms with Crippen LogP contribution in [0, 0.1) is 62.2 Å². The highest BCUT2D eigenvalue weighted by Crippen LogP contribution is 2.60. The molecule has 10 heteroatoms. The molecule has 5 unspecified atom stereocenters. The Balaban J connectivity index is 0.000000109. The zero-order valence-electron chi connectivity index (χ0n) is 107. The lowest BCUT2D eigenvalue weighted by molar-refractivity contribution is -0.644. The van der Waals surface area contributed by atoms with Crippen molar-refractivity contribution in [2.45, 2.75) is 254 Å². The molecular formula is C131H141N10+5. The Morgan fingerprint density at radius 3 is 0.780 bits per heavy atom. The van der Waals surface area contributed by atoms with Gasteiger partial charge in [-0.1, -0.05) is 357 Å². The summed E-state index contributed by atoms with van der Waals surface area (Å²) in [7, 11) is 10.1. The molecule has 0 spiro atoms. The SMILES string of the molecule is [2H]C([2H])([2H])C1(C)c2c(-c3ccccc3)[n+](C)c3c4c(C)cccc4c4c(C)ccc(c4n23)C1(C)C.[2H]C([2H])([2H])C1(C)c2c[n+](C)c3c4c(C)cccc4c4c(C)ccc(c4n23)C1(C)C.[2H]C([2H])([2H])C1(C)c2c[n+](C)c3c4c(C)cccc4c4cccc(c4n23)C1(C)C.[2H]C([2H])([2H])c1ccc2c3c1c1cccc(C)c1c1n3c(c(-c3ccccc3)[n+]1C)C(C)(C([2H])([2H])[2H])C2(C)C.[2H]C([2H])([2H])c1ccc2c3c1c1cccc(C)c1c1n3c(c[n+]1C)C(C)(C([2H])([2H])[2H])C2(C)C. The fourth-order valence-corrected chi connectivity index (χ4v) is 26.4. The fourth-order valence-electron chi connectivity index (χ4n) is 26.4. The number of nitrogens with zero attached hydrogens (tertiary/aromatic N) is 10. The summed E-state index contributed by atoms with van der Waals surface area (Å²) in [4.78, 5) is 0. The predicted molar refractivity (Wildman–Crippen MR) is 592 cm³/mol. The van der Waals surface area contributed by atoms with Gasteiger partial charge in [0, 0.05) is 176 Å². The first-order valence-electron chi connectivity index (χ1n) is 60.2. The van der Waals surface area contributed by atoms with Gasteiger partial charge in [0.15, 0.2) is 39.9 Å². The van der Waals surface area contributed by atoms with Gasteiger partial charge >= 0.3 is 0 Å². The van der Waals surface area contributed by atoms with E-state index in [1.807, 2.05) is 229 Å². The molecule has 0 aliphatic carbocycles. The number of fused-ring (bicyclic) bond motifs is 15. The van der Waals surface area contributed by atoms with Crippen molar-refractivity contribution in [1.82, 2.24) is 22.0 Å². The third-order valence-corrected chi connectivity index (χ3v) is 36.3. The standard InChI is InChI=1S/2C30H31N2.2C24H27N2.C23H25N2/c2*1-18-12-11-15-21-23-19(2)16-17-22-26(23)32-27(30(5,6)29(22,3)4)25(20-13-9-8-10-14-20)31(7)28(32)24(18)21;2*1-14-9-8-10-16-19-15(2)11-12-17-21(19)26-18(24(5,6)23(17,3)4)13-25(7)22(26)20(14)16;1-14-9-7-10-15-16-11-8-12-17-20(16)25-18(23(4,5)22(17,2)3)13-24(6)21(25)19(14)15/h2*8-17H,1-7H3;2*8-13H,1-7H3;7-13H,1-6H3/q5*+1/i2D3,5D3;5D3;2D3,5D3;5D3;4D3. The van der Waals surface area contributed by atoms with Crippen molar-refractivity contribution in [2.75, 3.05) is 0 Å². The summed E-state index contributed by atoms with van der Waals surface area (Å²) in [6.07, 6.45) is 5.99. The highest BCUT2D eigenvalue weighted by atomic mass is 15.2. The highest BCUT2D eigenvalue weighted by Gasteiger charge is 2.58. The molecule has 0 N–H and O–H groups in total. The van der Waals surface area contributed by atoms with Gasteiger partial charge in [-0.25, -0.2) is 22.8 Å². The van der Waals surface area contributed by atoms with Gasteiger partial charge in [0.25, 0.3) is 28.2 Å². The van der Waals surface area contributed by atoms with E-state index >= 15 is 0 Å². The van der Waals surface area contributed by atoms with Gasteiger partial charge in [-0.15, -0.1) is 0 Å². The first kappa shape index (κ1) is 70.3. The van der Waals surface area contributed by atoms with Crippen molar-refractivity contribution in [1.29, 1.82) is 0 Å².